The van der Waals surface area contributed by atoms with Gasteiger partial charge < -0.3 is 24.5 Å². The highest BCUT2D eigenvalue weighted by Gasteiger charge is 2.42. The minimum atomic E-state index is -2.07. The molecule has 0 aromatic carbocycles. The average Bonchev–Trinajstić information content (AvgIpc) is 2.05. The Hall–Kier alpha value is -1.12. The van der Waals surface area contributed by atoms with Crippen LogP contribution in [0.5, 0.6) is 0 Å². The molecule has 1 saturated heterocycles. The van der Waals surface area contributed by atoms with Gasteiger partial charge in [-0.3, -0.25) is 9.59 Å². The van der Waals surface area contributed by atoms with E-state index in [1.54, 1.807) is 0 Å². The van der Waals surface area contributed by atoms with Crippen LogP contribution in [-0.4, -0.2) is 46.7 Å². The molecule has 0 aromatic heterocycles. The Bertz CT molecular complexity index is 193. The fraction of sp³-hybridized carbons (Fsp3) is 0.500. The number of aliphatic hydroxyl groups is 2. The molecule has 0 aliphatic carbocycles. The molecule has 1 aliphatic heterocycles. The first-order valence-electron chi connectivity index (χ1n) is 2.97. The molecule has 8 heteroatoms. The highest BCUT2D eigenvalue weighted by molar-refractivity contribution is 6.41. The van der Waals surface area contributed by atoms with Crippen LogP contribution in [0.25, 0.3) is 0 Å². The molecular formula is C4H5BO7. The Morgan fingerprint density at radius 1 is 1.08 bits per heavy atom. The topological polar surface area (TPSA) is 113 Å². The smallest absolute Gasteiger partial charge is 0.472 e. The molecule has 3 N–H and O–H groups in total. The van der Waals surface area contributed by atoms with Crippen LogP contribution in [0.2, 0.25) is 0 Å². The van der Waals surface area contributed by atoms with Gasteiger partial charge >= 0.3 is 19.3 Å². The zero-order chi connectivity index (χ0) is 9.30. The Morgan fingerprint density at radius 2 is 1.42 bits per heavy atom. The normalized spacial score (nSPS) is 30.8. The van der Waals surface area contributed by atoms with Gasteiger partial charge in [0.15, 0.2) is 12.2 Å². The van der Waals surface area contributed by atoms with E-state index in [4.69, 9.17) is 15.2 Å². The summed E-state index contributed by atoms with van der Waals surface area (Å²) in [7, 11) is -2.07. The number of hydrogen-bond acceptors (Lipinski definition) is 7. The summed E-state index contributed by atoms with van der Waals surface area (Å²) in [5.74, 6) is -2.64. The third kappa shape index (κ3) is 1.55. The molecule has 0 saturated carbocycles. The van der Waals surface area contributed by atoms with Crippen LogP contribution in [0.4, 0.5) is 0 Å². The summed E-state index contributed by atoms with van der Waals surface area (Å²) in [5, 5.41) is 26.1. The predicted octanol–water partition coefficient (Wildman–Crippen LogP) is -3.21. The van der Waals surface area contributed by atoms with Gasteiger partial charge in [-0.2, -0.15) is 0 Å². The average molecular weight is 176 g/mol. The maximum absolute atomic E-state index is 10.6. The monoisotopic (exact) mass is 176 g/mol. The fourth-order valence-electron chi connectivity index (χ4n) is 0.620. The molecule has 0 aromatic rings. The molecule has 0 bridgehead atoms. The number of rotatable bonds is 0. The van der Waals surface area contributed by atoms with Crippen LogP contribution in [-0.2, 0) is 18.9 Å². The van der Waals surface area contributed by atoms with Crippen molar-refractivity contribution < 1.29 is 34.1 Å². The largest absolute Gasteiger partial charge is 0.789 e. The second kappa shape index (κ2) is 3.09. The van der Waals surface area contributed by atoms with Crippen LogP contribution in [0.15, 0.2) is 0 Å². The van der Waals surface area contributed by atoms with Crippen molar-refractivity contribution in [1.82, 2.24) is 0 Å². The van der Waals surface area contributed by atoms with E-state index in [1.807, 2.05) is 0 Å². The summed E-state index contributed by atoms with van der Waals surface area (Å²) >= 11 is 0. The van der Waals surface area contributed by atoms with Crippen LogP contribution >= 0.6 is 0 Å². The van der Waals surface area contributed by atoms with Gasteiger partial charge in [0.1, 0.15) is 0 Å². The molecule has 7 nitrogen and oxygen atoms in total. The molecule has 1 fully saturated rings. The van der Waals surface area contributed by atoms with Gasteiger partial charge in [-0.25, -0.2) is 0 Å². The Kier molecular flexibility index (Phi) is 2.31. The van der Waals surface area contributed by atoms with E-state index in [-0.39, 0.29) is 0 Å². The molecule has 2 atom stereocenters. The molecule has 0 radical (unpaired) electrons. The van der Waals surface area contributed by atoms with E-state index < -0.39 is 31.5 Å². The molecule has 0 amide bonds. The Morgan fingerprint density at radius 3 is 1.75 bits per heavy atom. The van der Waals surface area contributed by atoms with Crippen molar-refractivity contribution in [1.29, 1.82) is 0 Å². The first-order valence-corrected chi connectivity index (χ1v) is 2.97. The van der Waals surface area contributed by atoms with Crippen molar-refractivity contribution in [2.45, 2.75) is 12.2 Å². The van der Waals surface area contributed by atoms with Crippen LogP contribution in [0.1, 0.15) is 0 Å². The van der Waals surface area contributed by atoms with Crippen molar-refractivity contribution in [3.63, 3.8) is 0 Å². The van der Waals surface area contributed by atoms with Crippen LogP contribution in [0, 0.1) is 0 Å². The molecule has 12 heavy (non-hydrogen) atoms. The summed E-state index contributed by atoms with van der Waals surface area (Å²) in [6.07, 6.45) is -4.04. The summed E-state index contributed by atoms with van der Waals surface area (Å²) in [4.78, 5) is 21.1. The first-order chi connectivity index (χ1) is 5.52. The van der Waals surface area contributed by atoms with Crippen molar-refractivity contribution in [3.8, 4) is 0 Å². The molecule has 66 valence electrons. The number of hydrogen-bond donors (Lipinski definition) is 3. The highest BCUT2D eigenvalue weighted by Crippen LogP contribution is 2.06. The Labute approximate surface area is 66.7 Å². The third-order valence-corrected chi connectivity index (χ3v) is 1.22. The lowest BCUT2D eigenvalue weighted by atomic mass is 10.2. The van der Waals surface area contributed by atoms with E-state index in [0.29, 0.717) is 0 Å². The highest BCUT2D eigenvalue weighted by atomic mass is 16.7. The van der Waals surface area contributed by atoms with Crippen molar-refractivity contribution in [2.24, 2.45) is 0 Å². The van der Waals surface area contributed by atoms with Gasteiger partial charge in [-0.05, 0) is 0 Å². The zero-order valence-electron chi connectivity index (χ0n) is 5.71. The minimum absolute atomic E-state index is 1.32. The Balaban J connectivity index is 2.80. The van der Waals surface area contributed by atoms with E-state index in [9.17, 15) is 9.59 Å². The lowest BCUT2D eigenvalue weighted by Crippen LogP contribution is -2.38. The van der Waals surface area contributed by atoms with Crippen molar-refractivity contribution in [2.75, 3.05) is 0 Å². The van der Waals surface area contributed by atoms with Gasteiger partial charge in [-0.1, -0.05) is 0 Å². The summed E-state index contributed by atoms with van der Waals surface area (Å²) < 4.78 is 7.86. The summed E-state index contributed by atoms with van der Waals surface area (Å²) in [5.41, 5.74) is 0. The number of carbonyl (C=O) groups is 2. The predicted molar refractivity (Wildman–Crippen MR) is 32.2 cm³/mol. The van der Waals surface area contributed by atoms with E-state index in [1.165, 1.54) is 0 Å². The van der Waals surface area contributed by atoms with Crippen molar-refractivity contribution in [3.05, 3.63) is 0 Å². The second-order valence-electron chi connectivity index (χ2n) is 2.07. The van der Waals surface area contributed by atoms with Crippen LogP contribution in [0.3, 0.4) is 0 Å². The molecule has 1 aliphatic rings. The van der Waals surface area contributed by atoms with Gasteiger partial charge in [0.2, 0.25) is 0 Å². The minimum Gasteiger partial charge on any atom is -0.472 e. The second-order valence-corrected chi connectivity index (χ2v) is 2.07. The molecule has 1 heterocycles. The van der Waals surface area contributed by atoms with E-state index >= 15 is 0 Å². The number of carbonyl (C=O) groups excluding carboxylic acids is 2. The standard InChI is InChI=1S/C4H5BO7/c6-1-2(7)4(9)12-5(10)11-3(1)8/h1-2,6-7,10H. The van der Waals surface area contributed by atoms with E-state index in [0.717, 1.165) is 0 Å². The van der Waals surface area contributed by atoms with Gasteiger partial charge in [0.05, 0.1) is 0 Å². The lowest BCUT2D eigenvalue weighted by molar-refractivity contribution is -0.156. The fourth-order valence-corrected chi connectivity index (χ4v) is 0.620. The maximum Gasteiger partial charge on any atom is 0.789 e. The molecule has 0 spiro atoms. The number of aliphatic hydroxyl groups excluding tert-OH is 2. The summed E-state index contributed by atoms with van der Waals surface area (Å²) in [6, 6.07) is 0. The van der Waals surface area contributed by atoms with Gasteiger partial charge in [0, 0.05) is 0 Å². The SMILES string of the molecule is O=C1OB(O)OC(=O)C(O)C1O. The molecule has 2 unspecified atom stereocenters. The summed E-state index contributed by atoms with van der Waals surface area (Å²) in [6.45, 7) is 0. The molecular weight excluding hydrogens is 171 g/mol. The quantitative estimate of drug-likeness (QED) is 0.332. The van der Waals surface area contributed by atoms with Crippen molar-refractivity contribution >= 4 is 19.3 Å². The first kappa shape index (κ1) is 8.98. The maximum atomic E-state index is 10.6. The van der Waals surface area contributed by atoms with Gasteiger partial charge in [0.25, 0.3) is 0 Å². The van der Waals surface area contributed by atoms with E-state index in [2.05, 4.69) is 9.31 Å². The third-order valence-electron chi connectivity index (χ3n) is 1.22. The van der Waals surface area contributed by atoms with Crippen LogP contribution < -0.4 is 0 Å². The zero-order valence-corrected chi connectivity index (χ0v) is 5.71. The molecule has 1 rings (SSSR count). The van der Waals surface area contributed by atoms with Gasteiger partial charge in [-0.15, -0.1) is 0 Å². The lowest BCUT2D eigenvalue weighted by Gasteiger charge is -2.07.